The van der Waals surface area contributed by atoms with E-state index in [9.17, 15) is 10.4 Å². The summed E-state index contributed by atoms with van der Waals surface area (Å²) in [6.45, 7) is 11.9. The van der Waals surface area contributed by atoms with Crippen molar-refractivity contribution in [3.63, 3.8) is 0 Å². The highest BCUT2D eigenvalue weighted by atomic mass is 16.3. The number of aromatic nitrogens is 5. The molecule has 9 heteroatoms. The number of nitrogens with zero attached hydrogens (tertiary/aromatic N) is 8. The molecule has 156 valence electrons. The normalized spacial score (nSPS) is 12.5. The zero-order valence-corrected chi connectivity index (χ0v) is 18.3. The standard InChI is InChI=1S/C21H26N8O/c1-20(2,3)16-13(12-22)18(29(27-16)14-10-8-9-11-23-14)25-24-15-17(21(4,5)6)26-28(7)19(15)30/h8-11,30H,1-7H3/b25-24+. The van der Waals surface area contributed by atoms with Crippen molar-refractivity contribution in [2.24, 2.45) is 17.3 Å². The molecule has 3 rings (SSSR count). The van der Waals surface area contributed by atoms with E-state index in [0.29, 0.717) is 22.8 Å². The van der Waals surface area contributed by atoms with Crippen molar-refractivity contribution in [1.29, 1.82) is 5.26 Å². The van der Waals surface area contributed by atoms with Crippen molar-refractivity contribution in [3.05, 3.63) is 41.3 Å². The number of hydrogen-bond acceptors (Lipinski definition) is 7. The van der Waals surface area contributed by atoms with E-state index in [-0.39, 0.29) is 28.2 Å². The number of aromatic hydroxyl groups is 1. The SMILES string of the molecule is Cn1nc(C(C)(C)C)c(/N=N/c2c(C#N)c(C(C)(C)C)nn2-c2ccccn2)c1O. The molecule has 30 heavy (non-hydrogen) atoms. The number of rotatable bonds is 3. The molecular formula is C21H26N8O. The van der Waals surface area contributed by atoms with Gasteiger partial charge in [0.2, 0.25) is 5.88 Å². The molecule has 0 aromatic carbocycles. The van der Waals surface area contributed by atoms with Gasteiger partial charge in [-0.05, 0) is 12.1 Å². The van der Waals surface area contributed by atoms with Crippen LogP contribution in [0.5, 0.6) is 5.88 Å². The van der Waals surface area contributed by atoms with Gasteiger partial charge >= 0.3 is 0 Å². The van der Waals surface area contributed by atoms with Crippen molar-refractivity contribution >= 4 is 11.5 Å². The molecule has 0 saturated heterocycles. The van der Waals surface area contributed by atoms with Crippen molar-refractivity contribution in [1.82, 2.24) is 24.5 Å². The van der Waals surface area contributed by atoms with Crippen molar-refractivity contribution < 1.29 is 5.11 Å². The summed E-state index contributed by atoms with van der Waals surface area (Å²) in [4.78, 5) is 4.34. The minimum absolute atomic E-state index is 0.0953. The number of aryl methyl sites for hydroxylation is 1. The molecule has 3 heterocycles. The fourth-order valence-electron chi connectivity index (χ4n) is 2.97. The summed E-state index contributed by atoms with van der Waals surface area (Å²) in [5.74, 6) is 0.677. The molecule has 0 atom stereocenters. The Balaban J connectivity index is 2.25. The van der Waals surface area contributed by atoms with E-state index >= 15 is 0 Å². The first-order chi connectivity index (χ1) is 13.9. The van der Waals surface area contributed by atoms with Gasteiger partial charge in [-0.3, -0.25) is 0 Å². The molecule has 0 spiro atoms. The lowest BCUT2D eigenvalue weighted by Gasteiger charge is -2.15. The molecular weight excluding hydrogens is 380 g/mol. The van der Waals surface area contributed by atoms with Crippen molar-refractivity contribution in [2.45, 2.75) is 52.4 Å². The number of pyridine rings is 1. The molecule has 1 N–H and O–H groups in total. The lowest BCUT2D eigenvalue weighted by atomic mass is 9.90. The number of nitriles is 1. The molecule has 0 radical (unpaired) electrons. The van der Waals surface area contributed by atoms with Gasteiger partial charge in [-0.1, -0.05) is 47.6 Å². The Bertz CT molecular complexity index is 1140. The lowest BCUT2D eigenvalue weighted by molar-refractivity contribution is 0.419. The first kappa shape index (κ1) is 21.2. The summed E-state index contributed by atoms with van der Waals surface area (Å²) in [7, 11) is 1.64. The monoisotopic (exact) mass is 406 g/mol. The highest BCUT2D eigenvalue weighted by Crippen LogP contribution is 2.39. The quantitative estimate of drug-likeness (QED) is 0.638. The molecule has 0 aliphatic carbocycles. The van der Waals surface area contributed by atoms with Crippen LogP contribution in [0.15, 0.2) is 34.6 Å². The van der Waals surface area contributed by atoms with E-state index in [2.05, 4.69) is 31.5 Å². The average molecular weight is 406 g/mol. The van der Waals surface area contributed by atoms with Crippen LogP contribution in [-0.4, -0.2) is 29.7 Å². The van der Waals surface area contributed by atoms with Gasteiger partial charge < -0.3 is 5.11 Å². The maximum absolute atomic E-state index is 10.5. The fourth-order valence-corrected chi connectivity index (χ4v) is 2.97. The highest BCUT2D eigenvalue weighted by Gasteiger charge is 2.29. The van der Waals surface area contributed by atoms with Gasteiger partial charge in [-0.2, -0.15) is 20.1 Å². The van der Waals surface area contributed by atoms with E-state index in [1.54, 1.807) is 25.4 Å². The Morgan fingerprint density at radius 1 is 1.00 bits per heavy atom. The maximum Gasteiger partial charge on any atom is 0.238 e. The van der Waals surface area contributed by atoms with Crippen LogP contribution < -0.4 is 0 Å². The summed E-state index contributed by atoms with van der Waals surface area (Å²) < 4.78 is 2.86. The van der Waals surface area contributed by atoms with Gasteiger partial charge in [0, 0.05) is 24.1 Å². The van der Waals surface area contributed by atoms with Crippen molar-refractivity contribution in [3.8, 4) is 17.8 Å². The Morgan fingerprint density at radius 2 is 1.67 bits per heavy atom. The van der Waals surface area contributed by atoms with Gasteiger partial charge in [0.15, 0.2) is 17.3 Å². The molecule has 0 amide bonds. The molecule has 3 aromatic heterocycles. The van der Waals surface area contributed by atoms with E-state index in [1.165, 1.54) is 9.36 Å². The van der Waals surface area contributed by atoms with Crippen LogP contribution in [0.3, 0.4) is 0 Å². The molecule has 0 aliphatic heterocycles. The summed E-state index contributed by atoms with van der Waals surface area (Å²) in [6.07, 6.45) is 1.64. The molecule has 3 aromatic rings. The largest absolute Gasteiger partial charge is 0.492 e. The third kappa shape index (κ3) is 3.81. The summed E-state index contributed by atoms with van der Waals surface area (Å²) in [5, 5.41) is 38.0. The lowest BCUT2D eigenvalue weighted by Crippen LogP contribution is -2.14. The Kier molecular flexibility index (Phi) is 5.20. The van der Waals surface area contributed by atoms with Crippen LogP contribution >= 0.6 is 0 Å². The van der Waals surface area contributed by atoms with Crippen molar-refractivity contribution in [2.75, 3.05) is 0 Å². The second-order valence-electron chi connectivity index (χ2n) is 9.10. The summed E-state index contributed by atoms with van der Waals surface area (Å²) >= 11 is 0. The predicted molar refractivity (Wildman–Crippen MR) is 113 cm³/mol. The Hall–Kier alpha value is -3.54. The smallest absolute Gasteiger partial charge is 0.238 e. The zero-order chi connectivity index (χ0) is 22.3. The van der Waals surface area contributed by atoms with E-state index < -0.39 is 0 Å². The number of azo groups is 1. The molecule has 0 bridgehead atoms. The van der Waals surface area contributed by atoms with Gasteiger partial charge in [0.05, 0.1) is 11.4 Å². The first-order valence-electron chi connectivity index (χ1n) is 9.58. The van der Waals surface area contributed by atoms with Gasteiger partial charge in [0.25, 0.3) is 0 Å². The first-order valence-corrected chi connectivity index (χ1v) is 9.58. The van der Waals surface area contributed by atoms with E-state index in [0.717, 1.165) is 0 Å². The van der Waals surface area contributed by atoms with Gasteiger partial charge in [-0.15, -0.1) is 10.2 Å². The fraction of sp³-hybridized carbons (Fsp3) is 0.429. The second-order valence-corrected chi connectivity index (χ2v) is 9.10. The molecule has 0 saturated carbocycles. The molecule has 0 aliphatic rings. The van der Waals surface area contributed by atoms with Crippen LogP contribution in [-0.2, 0) is 17.9 Å². The topological polar surface area (TPSA) is 117 Å². The van der Waals surface area contributed by atoms with Gasteiger partial charge in [-0.25, -0.2) is 9.67 Å². The minimum atomic E-state index is -0.387. The predicted octanol–water partition coefficient (Wildman–Crippen LogP) is 4.59. The highest BCUT2D eigenvalue weighted by molar-refractivity contribution is 5.58. The maximum atomic E-state index is 10.5. The third-order valence-corrected chi connectivity index (χ3v) is 4.50. The van der Waals surface area contributed by atoms with Gasteiger partial charge in [0.1, 0.15) is 11.6 Å². The number of hydrogen-bond donors (Lipinski definition) is 1. The Labute approximate surface area is 175 Å². The van der Waals surface area contributed by atoms with Crippen LogP contribution in [0, 0.1) is 11.3 Å². The van der Waals surface area contributed by atoms with Crippen LogP contribution in [0.4, 0.5) is 11.5 Å². The van der Waals surface area contributed by atoms with Crippen LogP contribution in [0.1, 0.15) is 58.5 Å². The average Bonchev–Trinajstić information content (AvgIpc) is 3.18. The Morgan fingerprint density at radius 3 is 2.20 bits per heavy atom. The zero-order valence-electron chi connectivity index (χ0n) is 18.3. The molecule has 0 fully saturated rings. The minimum Gasteiger partial charge on any atom is -0.492 e. The summed E-state index contributed by atoms with van der Waals surface area (Å²) in [5.41, 5.74) is 1.03. The third-order valence-electron chi connectivity index (χ3n) is 4.50. The summed E-state index contributed by atoms with van der Waals surface area (Å²) in [6, 6.07) is 7.62. The molecule has 9 nitrogen and oxygen atoms in total. The van der Waals surface area contributed by atoms with E-state index in [1.807, 2.05) is 47.6 Å². The second kappa shape index (κ2) is 7.37. The van der Waals surface area contributed by atoms with Crippen LogP contribution in [0.2, 0.25) is 0 Å². The van der Waals surface area contributed by atoms with E-state index in [4.69, 9.17) is 0 Å². The molecule has 0 unspecified atom stereocenters. The van der Waals surface area contributed by atoms with Crippen LogP contribution in [0.25, 0.3) is 5.82 Å².